The Hall–Kier alpha value is -2.54. The lowest BCUT2D eigenvalue weighted by Crippen LogP contribution is -2.39. The quantitative estimate of drug-likeness (QED) is 0.591. The summed E-state index contributed by atoms with van der Waals surface area (Å²) in [5.74, 6) is 1.37. The van der Waals surface area contributed by atoms with Gasteiger partial charge >= 0.3 is 0 Å². The number of anilines is 1. The highest BCUT2D eigenvalue weighted by Crippen LogP contribution is 2.47. The second-order valence-corrected chi connectivity index (χ2v) is 8.05. The zero-order valence-electron chi connectivity index (χ0n) is 16.0. The van der Waals surface area contributed by atoms with E-state index >= 15 is 0 Å². The number of para-hydroxylation sites is 1. The molecule has 146 valence electrons. The predicted molar refractivity (Wildman–Crippen MR) is 110 cm³/mol. The zero-order chi connectivity index (χ0) is 19.7. The van der Waals surface area contributed by atoms with Crippen molar-refractivity contribution in [3.8, 4) is 5.75 Å². The highest BCUT2D eigenvalue weighted by Gasteiger charge is 2.43. The minimum Gasteiger partial charge on any atom is -0.496 e. The highest BCUT2D eigenvalue weighted by molar-refractivity contribution is 7.99. The summed E-state index contributed by atoms with van der Waals surface area (Å²) in [5, 5.41) is 3.87. The van der Waals surface area contributed by atoms with Crippen molar-refractivity contribution < 1.29 is 9.53 Å². The number of allylic oxidation sites excluding steroid dienone is 2. The Kier molecular flexibility index (Phi) is 5.26. The van der Waals surface area contributed by atoms with E-state index in [-0.39, 0.29) is 11.3 Å². The number of hydrogen-bond donors (Lipinski definition) is 2. The number of nitrogens with one attached hydrogen (secondary N) is 2. The topological polar surface area (TPSA) is 84.1 Å². The molecule has 1 aromatic heterocycles. The summed E-state index contributed by atoms with van der Waals surface area (Å²) < 4.78 is 5.56. The molecule has 0 spiro atoms. The van der Waals surface area contributed by atoms with E-state index in [0.717, 1.165) is 23.4 Å². The number of nitrogens with zero attached hydrogens (tertiary/aromatic N) is 1. The van der Waals surface area contributed by atoms with Gasteiger partial charge in [0.2, 0.25) is 0 Å². The molecule has 7 heteroatoms. The summed E-state index contributed by atoms with van der Waals surface area (Å²) in [6.45, 7) is 2.09. The molecule has 2 atom stereocenters. The molecular formula is C21H23N3O3S. The van der Waals surface area contributed by atoms with E-state index in [1.165, 1.54) is 11.8 Å². The molecule has 1 aliphatic carbocycles. The molecule has 28 heavy (non-hydrogen) atoms. The molecule has 2 aliphatic rings. The summed E-state index contributed by atoms with van der Waals surface area (Å²) >= 11 is 1.52. The van der Waals surface area contributed by atoms with Crippen molar-refractivity contribution in [2.24, 2.45) is 5.92 Å². The lowest BCUT2D eigenvalue weighted by atomic mass is 9.72. The molecule has 0 radical (unpaired) electrons. The fraction of sp³-hybridized carbons (Fsp3) is 0.381. The molecule has 6 nitrogen and oxygen atoms in total. The van der Waals surface area contributed by atoms with Crippen LogP contribution >= 0.6 is 11.8 Å². The Morgan fingerprint density at radius 2 is 2.07 bits per heavy atom. The maximum Gasteiger partial charge on any atom is 0.257 e. The van der Waals surface area contributed by atoms with Crippen molar-refractivity contribution in [2.75, 3.05) is 18.2 Å². The van der Waals surface area contributed by atoms with Crippen molar-refractivity contribution in [3.63, 3.8) is 0 Å². The minimum atomic E-state index is -0.423. The second kappa shape index (κ2) is 7.83. The number of benzene rings is 1. The number of rotatable bonds is 5. The van der Waals surface area contributed by atoms with Gasteiger partial charge in [0.05, 0.1) is 18.6 Å². The maximum absolute atomic E-state index is 13.1. The van der Waals surface area contributed by atoms with Crippen molar-refractivity contribution in [1.82, 2.24) is 9.97 Å². The van der Waals surface area contributed by atoms with Crippen molar-refractivity contribution in [2.45, 2.75) is 37.3 Å². The van der Waals surface area contributed by atoms with Crippen LogP contribution in [0.4, 0.5) is 5.82 Å². The number of carbonyl (C=O) groups is 1. The van der Waals surface area contributed by atoms with Crippen LogP contribution < -0.4 is 15.6 Å². The van der Waals surface area contributed by atoms with Crippen LogP contribution in [0, 0.1) is 5.92 Å². The lowest BCUT2D eigenvalue weighted by Gasteiger charge is -2.37. The first-order chi connectivity index (χ1) is 13.6. The number of Topliss-reactive ketones (excluding diaryl/α,β-unsaturated/α-hetero) is 1. The van der Waals surface area contributed by atoms with Gasteiger partial charge < -0.3 is 15.0 Å². The minimum absolute atomic E-state index is 0.135. The number of fused-ring (bicyclic) bond motifs is 2. The number of ether oxygens (including phenoxy) is 1. The smallest absolute Gasteiger partial charge is 0.257 e. The Morgan fingerprint density at radius 3 is 2.86 bits per heavy atom. The maximum atomic E-state index is 13.1. The normalized spacial score (nSPS) is 20.6. The first-order valence-corrected chi connectivity index (χ1v) is 10.5. The third-order valence-corrected chi connectivity index (χ3v) is 6.27. The summed E-state index contributed by atoms with van der Waals surface area (Å²) in [5.41, 5.74) is 1.97. The van der Waals surface area contributed by atoms with Gasteiger partial charge in [0, 0.05) is 29.4 Å². The van der Waals surface area contributed by atoms with Gasteiger partial charge in [-0.05, 0) is 18.9 Å². The number of thioether (sulfide) groups is 1. The number of aromatic nitrogens is 2. The van der Waals surface area contributed by atoms with E-state index in [9.17, 15) is 9.59 Å². The van der Waals surface area contributed by atoms with E-state index in [1.807, 2.05) is 24.3 Å². The number of aromatic amines is 1. The van der Waals surface area contributed by atoms with Gasteiger partial charge in [0.25, 0.3) is 5.56 Å². The van der Waals surface area contributed by atoms with Crippen LogP contribution in [0.25, 0.3) is 0 Å². The Bertz CT molecular complexity index is 999. The number of hydrogen-bond acceptors (Lipinski definition) is 6. The highest BCUT2D eigenvalue weighted by atomic mass is 32.2. The van der Waals surface area contributed by atoms with E-state index < -0.39 is 11.8 Å². The van der Waals surface area contributed by atoms with Gasteiger partial charge in [0.1, 0.15) is 17.4 Å². The summed E-state index contributed by atoms with van der Waals surface area (Å²) in [7, 11) is 1.60. The molecule has 4 rings (SSSR count). The Labute approximate surface area is 167 Å². The van der Waals surface area contributed by atoms with Gasteiger partial charge in [-0.1, -0.05) is 43.0 Å². The third kappa shape index (κ3) is 3.24. The van der Waals surface area contributed by atoms with Gasteiger partial charge in [-0.3, -0.25) is 9.59 Å². The van der Waals surface area contributed by atoms with Crippen molar-refractivity contribution in [1.29, 1.82) is 0 Å². The van der Waals surface area contributed by atoms with Crippen molar-refractivity contribution >= 4 is 23.4 Å². The van der Waals surface area contributed by atoms with Gasteiger partial charge in [-0.25, -0.2) is 4.98 Å². The molecule has 0 saturated carbocycles. The van der Waals surface area contributed by atoms with Gasteiger partial charge in [-0.2, -0.15) is 0 Å². The first-order valence-electron chi connectivity index (χ1n) is 9.53. The summed E-state index contributed by atoms with van der Waals surface area (Å²) in [4.78, 5) is 33.5. The lowest BCUT2D eigenvalue weighted by molar-refractivity contribution is -0.122. The zero-order valence-corrected chi connectivity index (χ0v) is 16.8. The molecule has 0 fully saturated rings. The Morgan fingerprint density at radius 1 is 1.25 bits per heavy atom. The molecule has 1 aliphatic heterocycles. The number of H-pyrrole nitrogens is 1. The predicted octanol–water partition coefficient (Wildman–Crippen LogP) is 3.70. The molecule has 0 bridgehead atoms. The fourth-order valence-corrected chi connectivity index (χ4v) is 4.71. The second-order valence-electron chi connectivity index (χ2n) is 6.97. The van der Waals surface area contributed by atoms with Crippen LogP contribution in [0.1, 0.15) is 43.2 Å². The van der Waals surface area contributed by atoms with Crippen molar-refractivity contribution in [3.05, 3.63) is 57.5 Å². The number of methoxy groups -OCH3 is 1. The van der Waals surface area contributed by atoms with Crippen LogP contribution in [0.3, 0.4) is 0 Å². The number of carbonyl (C=O) groups excluding carboxylic acids is 1. The van der Waals surface area contributed by atoms with Crippen LogP contribution in [-0.4, -0.2) is 28.6 Å². The van der Waals surface area contributed by atoms with Crippen LogP contribution in [0.5, 0.6) is 5.75 Å². The first kappa shape index (κ1) is 18.8. The standard InChI is InChI=1S/C21H23N3O3S/c1-3-11-28-21-23-19-18(20(26)24-21)16(12-7-4-5-10-15(12)27-2)17-13(22-19)8-6-9-14(17)25/h4-5,7-8,10,16-17H,3,6,9,11H2,1-2H3,(H2,22,23,24,26)/t16-,17-/m0/s1. The van der Waals surface area contributed by atoms with Crippen LogP contribution in [0.15, 0.2) is 46.0 Å². The monoisotopic (exact) mass is 397 g/mol. The molecule has 0 saturated heterocycles. The molecule has 2 N–H and O–H groups in total. The molecule has 2 heterocycles. The largest absolute Gasteiger partial charge is 0.496 e. The molecule has 0 amide bonds. The molecule has 0 unspecified atom stereocenters. The van der Waals surface area contributed by atoms with Crippen LogP contribution in [-0.2, 0) is 4.79 Å². The van der Waals surface area contributed by atoms with E-state index in [4.69, 9.17) is 4.74 Å². The molecule has 2 aromatic rings. The SMILES string of the molecule is CCCSc1nc2c(c(=O)[nH]1)[C@@H](c1ccccc1OC)[C@@H]1C(=O)CCC=C1N2. The van der Waals surface area contributed by atoms with E-state index in [0.29, 0.717) is 35.1 Å². The van der Waals surface area contributed by atoms with E-state index in [2.05, 4.69) is 28.3 Å². The van der Waals surface area contributed by atoms with Gasteiger partial charge in [-0.15, -0.1) is 0 Å². The molecule has 1 aromatic carbocycles. The summed E-state index contributed by atoms with van der Waals surface area (Å²) in [6, 6.07) is 7.58. The molecular weight excluding hydrogens is 374 g/mol. The van der Waals surface area contributed by atoms with E-state index in [1.54, 1.807) is 7.11 Å². The fourth-order valence-electron chi connectivity index (χ4n) is 3.99. The Balaban J connectivity index is 1.92. The van der Waals surface area contributed by atoms with Gasteiger partial charge in [0.15, 0.2) is 5.16 Å². The summed E-state index contributed by atoms with van der Waals surface area (Å²) in [6.07, 6.45) is 4.22. The third-order valence-electron chi connectivity index (χ3n) is 5.19. The van der Waals surface area contributed by atoms with Crippen LogP contribution in [0.2, 0.25) is 0 Å². The number of ketones is 1. The average molecular weight is 398 g/mol. The average Bonchev–Trinajstić information content (AvgIpc) is 2.71.